The predicted molar refractivity (Wildman–Crippen MR) is 57.3 cm³/mol. The van der Waals surface area contributed by atoms with Crippen LogP contribution in [0.5, 0.6) is 0 Å². The van der Waals surface area contributed by atoms with Crippen molar-refractivity contribution in [3.63, 3.8) is 0 Å². The number of carboxylic acid groups (broad SMARTS) is 1. The van der Waals surface area contributed by atoms with Gasteiger partial charge in [0, 0.05) is 0 Å². The zero-order valence-electron chi connectivity index (χ0n) is 10.1. The van der Waals surface area contributed by atoms with Crippen LogP contribution >= 0.6 is 0 Å². The van der Waals surface area contributed by atoms with Crippen molar-refractivity contribution in [3.8, 4) is 0 Å². The Morgan fingerprint density at radius 3 is 2.31 bits per heavy atom. The Morgan fingerprint density at radius 2 is 1.94 bits per heavy atom. The van der Waals surface area contributed by atoms with Crippen LogP contribution in [0.4, 0.5) is 0 Å². The van der Waals surface area contributed by atoms with Gasteiger partial charge in [-0.1, -0.05) is 27.7 Å². The Kier molecular flexibility index (Phi) is 3.57. The van der Waals surface area contributed by atoms with Gasteiger partial charge in [-0.25, -0.2) is 5.48 Å². The van der Waals surface area contributed by atoms with Crippen LogP contribution in [0.25, 0.3) is 0 Å². The molecule has 1 amide bonds. The van der Waals surface area contributed by atoms with Crippen LogP contribution in [-0.2, 0) is 14.4 Å². The molecule has 1 fully saturated rings. The zero-order valence-corrected chi connectivity index (χ0v) is 10.1. The van der Waals surface area contributed by atoms with Gasteiger partial charge in [0.2, 0.25) is 5.91 Å². The SMILES string of the molecule is CC(C)CONC(=O)[C@H]1[C@@H](C(=O)O)C1(C)C. The van der Waals surface area contributed by atoms with E-state index in [1.165, 1.54) is 0 Å². The molecule has 2 atom stereocenters. The first kappa shape index (κ1) is 13.0. The molecule has 0 heterocycles. The summed E-state index contributed by atoms with van der Waals surface area (Å²) in [6, 6.07) is 0. The first-order valence-corrected chi connectivity index (χ1v) is 5.43. The minimum Gasteiger partial charge on any atom is -0.481 e. The van der Waals surface area contributed by atoms with Crippen LogP contribution in [0.1, 0.15) is 27.7 Å². The first-order chi connectivity index (χ1) is 7.28. The van der Waals surface area contributed by atoms with Gasteiger partial charge in [0.15, 0.2) is 0 Å². The maximum absolute atomic E-state index is 11.6. The lowest BCUT2D eigenvalue weighted by atomic mass is 10.1. The fourth-order valence-corrected chi connectivity index (χ4v) is 1.93. The largest absolute Gasteiger partial charge is 0.481 e. The smallest absolute Gasteiger partial charge is 0.307 e. The molecule has 1 aliphatic rings. The van der Waals surface area contributed by atoms with Crippen LogP contribution < -0.4 is 5.48 Å². The molecule has 0 spiro atoms. The van der Waals surface area contributed by atoms with E-state index in [2.05, 4.69) is 5.48 Å². The number of aliphatic carboxylic acids is 1. The summed E-state index contributed by atoms with van der Waals surface area (Å²) >= 11 is 0. The van der Waals surface area contributed by atoms with E-state index in [0.29, 0.717) is 12.5 Å². The van der Waals surface area contributed by atoms with Gasteiger partial charge < -0.3 is 5.11 Å². The number of rotatable bonds is 5. The third-order valence-electron chi connectivity index (χ3n) is 2.97. The highest BCUT2D eigenvalue weighted by Gasteiger charge is 2.66. The highest BCUT2D eigenvalue weighted by Crippen LogP contribution is 2.58. The predicted octanol–water partition coefficient (Wildman–Crippen LogP) is 1.05. The van der Waals surface area contributed by atoms with Gasteiger partial charge in [-0.15, -0.1) is 0 Å². The molecule has 0 aliphatic heterocycles. The Labute approximate surface area is 95.1 Å². The molecule has 5 nitrogen and oxygen atoms in total. The molecule has 0 radical (unpaired) electrons. The van der Waals surface area contributed by atoms with Gasteiger partial charge >= 0.3 is 5.97 Å². The Balaban J connectivity index is 2.42. The highest BCUT2D eigenvalue weighted by molar-refractivity contribution is 5.91. The summed E-state index contributed by atoms with van der Waals surface area (Å²) in [6.45, 7) is 7.91. The monoisotopic (exact) mass is 229 g/mol. The minimum absolute atomic E-state index is 0.322. The third-order valence-corrected chi connectivity index (χ3v) is 2.97. The molecule has 16 heavy (non-hydrogen) atoms. The average Bonchev–Trinajstić information content (AvgIpc) is 2.68. The second kappa shape index (κ2) is 4.41. The number of hydrogen-bond donors (Lipinski definition) is 2. The summed E-state index contributed by atoms with van der Waals surface area (Å²) in [4.78, 5) is 27.5. The van der Waals surface area contributed by atoms with Crippen LogP contribution in [0.2, 0.25) is 0 Å². The van der Waals surface area contributed by atoms with E-state index in [9.17, 15) is 9.59 Å². The molecule has 0 aromatic rings. The summed E-state index contributed by atoms with van der Waals surface area (Å²) in [7, 11) is 0. The molecule has 0 unspecified atom stereocenters. The average molecular weight is 229 g/mol. The van der Waals surface area contributed by atoms with Gasteiger partial charge in [0.25, 0.3) is 0 Å². The summed E-state index contributed by atoms with van der Waals surface area (Å²) in [5, 5.41) is 8.90. The quantitative estimate of drug-likeness (QED) is 0.691. The number of hydrogen-bond acceptors (Lipinski definition) is 3. The lowest BCUT2D eigenvalue weighted by Crippen LogP contribution is -2.28. The van der Waals surface area contributed by atoms with Crippen molar-refractivity contribution in [2.45, 2.75) is 27.7 Å². The van der Waals surface area contributed by atoms with E-state index in [-0.39, 0.29) is 5.91 Å². The van der Waals surface area contributed by atoms with E-state index in [0.717, 1.165) is 0 Å². The zero-order chi connectivity index (χ0) is 12.5. The lowest BCUT2D eigenvalue weighted by molar-refractivity contribution is -0.142. The number of carboxylic acids is 1. The topological polar surface area (TPSA) is 75.6 Å². The standard InChI is InChI=1S/C11H19NO4/c1-6(2)5-16-12-9(13)7-8(10(14)15)11(7,3)4/h6-8H,5H2,1-4H3,(H,12,13)(H,14,15)/t7-,8+/m1/s1. The van der Waals surface area contributed by atoms with Crippen molar-refractivity contribution in [2.75, 3.05) is 6.61 Å². The van der Waals surface area contributed by atoms with Gasteiger partial charge in [-0.3, -0.25) is 14.4 Å². The summed E-state index contributed by atoms with van der Waals surface area (Å²) < 4.78 is 0. The number of amides is 1. The molecule has 0 bridgehead atoms. The van der Waals surface area contributed by atoms with E-state index in [1.54, 1.807) is 13.8 Å². The van der Waals surface area contributed by atoms with Gasteiger partial charge in [0.05, 0.1) is 18.4 Å². The van der Waals surface area contributed by atoms with Gasteiger partial charge in [0.1, 0.15) is 0 Å². The van der Waals surface area contributed by atoms with Crippen LogP contribution in [-0.4, -0.2) is 23.6 Å². The minimum atomic E-state index is -0.922. The fraction of sp³-hybridized carbons (Fsp3) is 0.818. The first-order valence-electron chi connectivity index (χ1n) is 5.43. The van der Waals surface area contributed by atoms with Crippen molar-refractivity contribution < 1.29 is 19.5 Å². The molecule has 0 aromatic heterocycles. The normalized spacial score (nSPS) is 26.6. The maximum Gasteiger partial charge on any atom is 0.307 e. The molecule has 5 heteroatoms. The third kappa shape index (κ3) is 2.52. The lowest BCUT2D eigenvalue weighted by Gasteiger charge is -2.08. The van der Waals surface area contributed by atoms with Crippen LogP contribution in [0.3, 0.4) is 0 Å². The number of carbonyl (C=O) groups excluding carboxylic acids is 1. The van der Waals surface area contributed by atoms with Crippen molar-refractivity contribution in [1.29, 1.82) is 0 Å². The van der Waals surface area contributed by atoms with Crippen molar-refractivity contribution in [2.24, 2.45) is 23.2 Å². The van der Waals surface area contributed by atoms with Gasteiger partial charge in [-0.05, 0) is 11.3 Å². The number of carbonyl (C=O) groups is 2. The Bertz CT molecular complexity index is 298. The molecule has 2 N–H and O–H groups in total. The molecule has 1 rings (SSSR count). The molecule has 1 saturated carbocycles. The summed E-state index contributed by atoms with van der Waals surface area (Å²) in [5.74, 6) is -2.03. The summed E-state index contributed by atoms with van der Waals surface area (Å²) in [5.41, 5.74) is 1.84. The number of hydroxylamine groups is 1. The Morgan fingerprint density at radius 1 is 1.38 bits per heavy atom. The highest BCUT2D eigenvalue weighted by atomic mass is 16.7. The Hall–Kier alpha value is -1.10. The van der Waals surface area contributed by atoms with Crippen molar-refractivity contribution >= 4 is 11.9 Å². The maximum atomic E-state index is 11.6. The number of nitrogens with one attached hydrogen (secondary N) is 1. The van der Waals surface area contributed by atoms with Crippen LogP contribution in [0.15, 0.2) is 0 Å². The van der Waals surface area contributed by atoms with E-state index in [4.69, 9.17) is 9.94 Å². The van der Waals surface area contributed by atoms with Gasteiger partial charge in [-0.2, -0.15) is 0 Å². The van der Waals surface area contributed by atoms with Crippen molar-refractivity contribution in [1.82, 2.24) is 5.48 Å². The molecular weight excluding hydrogens is 210 g/mol. The van der Waals surface area contributed by atoms with Crippen molar-refractivity contribution in [3.05, 3.63) is 0 Å². The second-order valence-corrected chi connectivity index (χ2v) is 5.29. The van der Waals surface area contributed by atoms with E-state index >= 15 is 0 Å². The van der Waals surface area contributed by atoms with Crippen LogP contribution in [0, 0.1) is 23.2 Å². The summed E-state index contributed by atoms with van der Waals surface area (Å²) in [6.07, 6.45) is 0. The fourth-order valence-electron chi connectivity index (χ4n) is 1.93. The molecule has 1 aliphatic carbocycles. The molecular formula is C11H19NO4. The van der Waals surface area contributed by atoms with E-state index in [1.807, 2.05) is 13.8 Å². The molecule has 0 saturated heterocycles. The second-order valence-electron chi connectivity index (χ2n) is 5.29. The molecule has 92 valence electrons. The van der Waals surface area contributed by atoms with E-state index < -0.39 is 23.2 Å². The molecule has 0 aromatic carbocycles.